The van der Waals surface area contributed by atoms with Crippen LogP contribution in [0.4, 0.5) is 10.1 Å². The van der Waals surface area contributed by atoms with Gasteiger partial charge in [-0.25, -0.2) is 14.4 Å². The summed E-state index contributed by atoms with van der Waals surface area (Å²) in [5.41, 5.74) is 5.59. The molecule has 1 aromatic heterocycles. The number of para-hydroxylation sites is 1. The van der Waals surface area contributed by atoms with Crippen molar-refractivity contribution in [1.29, 1.82) is 0 Å². The predicted molar refractivity (Wildman–Crippen MR) is 125 cm³/mol. The number of hydrogen-bond acceptors (Lipinski definition) is 4. The van der Waals surface area contributed by atoms with Gasteiger partial charge in [-0.2, -0.15) is 0 Å². The number of aromatic nitrogens is 2. The average molecular weight is 432 g/mol. The largest absolute Gasteiger partial charge is 0.325 e. The smallest absolute Gasteiger partial charge is 0.234 e. The van der Waals surface area contributed by atoms with E-state index in [2.05, 4.69) is 5.32 Å². The Hall–Kier alpha value is -3.25. The molecule has 4 nitrogen and oxygen atoms in total. The summed E-state index contributed by atoms with van der Waals surface area (Å²) in [6, 6.07) is 17.9. The van der Waals surface area contributed by atoms with Crippen LogP contribution in [-0.4, -0.2) is 21.6 Å². The monoisotopic (exact) mass is 431 g/mol. The zero-order valence-corrected chi connectivity index (χ0v) is 18.4. The van der Waals surface area contributed by atoms with Crippen LogP contribution in [0.25, 0.3) is 22.3 Å². The van der Waals surface area contributed by atoms with Crippen LogP contribution in [0.3, 0.4) is 0 Å². The van der Waals surface area contributed by atoms with Crippen molar-refractivity contribution in [2.24, 2.45) is 0 Å². The van der Waals surface area contributed by atoms with Crippen molar-refractivity contribution in [3.8, 4) is 11.4 Å². The van der Waals surface area contributed by atoms with Crippen molar-refractivity contribution in [3.63, 3.8) is 0 Å². The molecule has 0 fully saturated rings. The molecule has 3 aromatic carbocycles. The molecule has 1 N–H and O–H groups in total. The lowest BCUT2D eigenvalue weighted by Gasteiger charge is -2.12. The average Bonchev–Trinajstić information content (AvgIpc) is 2.76. The van der Waals surface area contributed by atoms with Crippen molar-refractivity contribution in [3.05, 3.63) is 83.2 Å². The maximum absolute atomic E-state index is 13.4. The number of anilines is 1. The third-order valence-corrected chi connectivity index (χ3v) is 6.21. The van der Waals surface area contributed by atoms with E-state index in [1.165, 1.54) is 23.9 Å². The Labute approximate surface area is 184 Å². The molecule has 0 saturated carbocycles. The Bertz CT molecular complexity index is 1270. The molecule has 1 heterocycles. The molecule has 0 unspecified atom stereocenters. The number of hydrogen-bond donors (Lipinski definition) is 1. The van der Waals surface area contributed by atoms with E-state index in [1.807, 2.05) is 57.2 Å². The fourth-order valence-electron chi connectivity index (χ4n) is 3.31. The lowest BCUT2D eigenvalue weighted by molar-refractivity contribution is -0.113. The normalized spacial score (nSPS) is 11.0. The number of thioether (sulfide) groups is 1. The van der Waals surface area contributed by atoms with E-state index < -0.39 is 0 Å². The first-order valence-electron chi connectivity index (χ1n) is 9.94. The highest BCUT2D eigenvalue weighted by atomic mass is 32.2. The first-order chi connectivity index (χ1) is 14.9. The van der Waals surface area contributed by atoms with Crippen LogP contribution in [-0.2, 0) is 4.79 Å². The summed E-state index contributed by atoms with van der Waals surface area (Å²) in [5.74, 6) is 0.329. The maximum atomic E-state index is 13.4. The van der Waals surface area contributed by atoms with Gasteiger partial charge in [-0.15, -0.1) is 0 Å². The topological polar surface area (TPSA) is 54.9 Å². The molecule has 0 atom stereocenters. The molecule has 156 valence electrons. The molecule has 1 amide bonds. The van der Waals surface area contributed by atoms with Gasteiger partial charge >= 0.3 is 0 Å². The summed E-state index contributed by atoms with van der Waals surface area (Å²) in [6.07, 6.45) is 0. The quantitative estimate of drug-likeness (QED) is 0.307. The first kappa shape index (κ1) is 21.0. The van der Waals surface area contributed by atoms with Crippen LogP contribution in [0.1, 0.15) is 16.7 Å². The molecule has 31 heavy (non-hydrogen) atoms. The number of rotatable bonds is 5. The Morgan fingerprint density at radius 2 is 1.65 bits per heavy atom. The molecule has 0 spiro atoms. The Kier molecular flexibility index (Phi) is 6.00. The molecule has 0 saturated heterocycles. The van der Waals surface area contributed by atoms with Crippen molar-refractivity contribution < 1.29 is 9.18 Å². The number of fused-ring (bicyclic) bond motifs is 1. The van der Waals surface area contributed by atoms with Gasteiger partial charge in [0.2, 0.25) is 5.91 Å². The molecule has 0 aliphatic rings. The van der Waals surface area contributed by atoms with E-state index in [9.17, 15) is 9.18 Å². The number of carbonyl (C=O) groups is 1. The van der Waals surface area contributed by atoms with Gasteiger partial charge in [-0.05, 0) is 67.8 Å². The Morgan fingerprint density at radius 1 is 0.935 bits per heavy atom. The van der Waals surface area contributed by atoms with Crippen LogP contribution in [0.2, 0.25) is 0 Å². The van der Waals surface area contributed by atoms with Crippen LogP contribution < -0.4 is 5.32 Å². The molecule has 0 radical (unpaired) electrons. The van der Waals surface area contributed by atoms with Crippen LogP contribution in [0.5, 0.6) is 0 Å². The van der Waals surface area contributed by atoms with Crippen molar-refractivity contribution in [2.75, 3.05) is 11.1 Å². The molecule has 4 rings (SSSR count). The SMILES string of the molecule is Cc1cccc(NC(=O)CSc2nc(-c3ccc(F)cc3)nc3c(C)cccc23)c1C. The van der Waals surface area contributed by atoms with E-state index in [0.29, 0.717) is 5.82 Å². The summed E-state index contributed by atoms with van der Waals surface area (Å²) in [7, 11) is 0. The van der Waals surface area contributed by atoms with Gasteiger partial charge in [-0.3, -0.25) is 4.79 Å². The number of halogens is 1. The zero-order chi connectivity index (χ0) is 22.0. The van der Waals surface area contributed by atoms with Gasteiger partial charge in [0.25, 0.3) is 0 Å². The standard InChI is InChI=1S/C25H22FN3OS/c1-15-6-5-9-21(17(15)3)27-22(30)14-31-25-20-8-4-7-16(2)23(20)28-24(29-25)18-10-12-19(26)13-11-18/h4-13H,14H2,1-3H3,(H,27,30). The molecule has 6 heteroatoms. The highest BCUT2D eigenvalue weighted by Gasteiger charge is 2.14. The Morgan fingerprint density at radius 3 is 2.42 bits per heavy atom. The lowest BCUT2D eigenvalue weighted by Crippen LogP contribution is -2.15. The van der Waals surface area contributed by atoms with Gasteiger partial charge < -0.3 is 5.32 Å². The summed E-state index contributed by atoms with van der Waals surface area (Å²) in [6.45, 7) is 6.01. The van der Waals surface area contributed by atoms with E-state index in [1.54, 1.807) is 12.1 Å². The second-order valence-electron chi connectivity index (χ2n) is 7.41. The molecule has 0 bridgehead atoms. The predicted octanol–water partition coefficient (Wildman–Crippen LogP) is 6.09. The van der Waals surface area contributed by atoms with Gasteiger partial charge in [0.1, 0.15) is 10.8 Å². The summed E-state index contributed by atoms with van der Waals surface area (Å²) >= 11 is 1.37. The third-order valence-electron chi connectivity index (χ3n) is 5.21. The summed E-state index contributed by atoms with van der Waals surface area (Å²) in [4.78, 5) is 22.0. The number of carbonyl (C=O) groups excluding carboxylic acids is 1. The van der Waals surface area contributed by atoms with Gasteiger partial charge in [-0.1, -0.05) is 42.1 Å². The van der Waals surface area contributed by atoms with E-state index >= 15 is 0 Å². The van der Waals surface area contributed by atoms with Crippen molar-refractivity contribution in [1.82, 2.24) is 9.97 Å². The van der Waals surface area contributed by atoms with Gasteiger partial charge in [0, 0.05) is 16.6 Å². The number of nitrogens with one attached hydrogen (secondary N) is 1. The molecule has 0 aliphatic carbocycles. The summed E-state index contributed by atoms with van der Waals surface area (Å²) < 4.78 is 13.4. The molecular weight excluding hydrogens is 409 g/mol. The molecule has 4 aromatic rings. The van der Waals surface area contributed by atoms with Crippen molar-refractivity contribution >= 4 is 34.3 Å². The molecule has 0 aliphatic heterocycles. The fourth-order valence-corrected chi connectivity index (χ4v) is 4.12. The third kappa shape index (κ3) is 4.59. The minimum Gasteiger partial charge on any atom is -0.325 e. The Balaban J connectivity index is 1.63. The highest BCUT2D eigenvalue weighted by molar-refractivity contribution is 8.00. The second-order valence-corrected chi connectivity index (χ2v) is 8.38. The van der Waals surface area contributed by atoms with Crippen LogP contribution >= 0.6 is 11.8 Å². The second kappa shape index (κ2) is 8.86. The van der Waals surface area contributed by atoms with E-state index in [4.69, 9.17) is 9.97 Å². The fraction of sp³-hybridized carbons (Fsp3) is 0.160. The number of amides is 1. The van der Waals surface area contributed by atoms with E-state index in [0.717, 1.165) is 43.9 Å². The number of nitrogens with zero attached hydrogens (tertiary/aromatic N) is 2. The number of aryl methyl sites for hydroxylation is 2. The van der Waals surface area contributed by atoms with E-state index in [-0.39, 0.29) is 17.5 Å². The summed E-state index contributed by atoms with van der Waals surface area (Å²) in [5, 5.41) is 4.61. The highest BCUT2D eigenvalue weighted by Crippen LogP contribution is 2.30. The van der Waals surface area contributed by atoms with Crippen LogP contribution in [0.15, 0.2) is 65.7 Å². The maximum Gasteiger partial charge on any atom is 0.234 e. The van der Waals surface area contributed by atoms with Gasteiger partial charge in [0.15, 0.2) is 5.82 Å². The lowest BCUT2D eigenvalue weighted by atomic mass is 10.1. The minimum absolute atomic E-state index is 0.0959. The van der Waals surface area contributed by atoms with Gasteiger partial charge in [0.05, 0.1) is 11.3 Å². The first-order valence-corrected chi connectivity index (χ1v) is 10.9. The number of benzene rings is 3. The van der Waals surface area contributed by atoms with Crippen molar-refractivity contribution in [2.45, 2.75) is 25.8 Å². The minimum atomic E-state index is -0.307. The molecular formula is C25H22FN3OS. The zero-order valence-electron chi connectivity index (χ0n) is 17.6. The van der Waals surface area contributed by atoms with Crippen LogP contribution in [0, 0.1) is 26.6 Å².